The molecule has 2 saturated carbocycles. The van der Waals surface area contributed by atoms with Crippen LogP contribution in [0, 0.1) is 11.3 Å². The predicted molar refractivity (Wildman–Crippen MR) is 58.3 cm³/mol. The van der Waals surface area contributed by atoms with Crippen LogP contribution in [0.25, 0.3) is 0 Å². The normalized spacial score (nSPS) is 25.6. The van der Waals surface area contributed by atoms with Crippen LogP contribution in [0.5, 0.6) is 0 Å². The van der Waals surface area contributed by atoms with E-state index in [0.29, 0.717) is 5.41 Å². The smallest absolute Gasteiger partial charge is 0.0530 e. The highest BCUT2D eigenvalue weighted by Crippen LogP contribution is 2.46. The summed E-state index contributed by atoms with van der Waals surface area (Å²) in [6.45, 7) is 1.95. The number of rotatable bonds is 6. The van der Waals surface area contributed by atoms with Gasteiger partial charge in [-0.05, 0) is 30.9 Å². The molecule has 0 aromatic carbocycles. The summed E-state index contributed by atoms with van der Waals surface area (Å²) < 4.78 is 5.71. The average molecular weight is 200 g/mol. The molecule has 0 aliphatic heterocycles. The van der Waals surface area contributed by atoms with Crippen LogP contribution >= 0.6 is 12.6 Å². The second-order valence-corrected chi connectivity index (χ2v) is 5.11. The van der Waals surface area contributed by atoms with Crippen molar-refractivity contribution in [3.8, 4) is 0 Å². The first kappa shape index (κ1) is 9.85. The summed E-state index contributed by atoms with van der Waals surface area (Å²) >= 11 is 4.36. The van der Waals surface area contributed by atoms with E-state index in [1.54, 1.807) is 0 Å². The fraction of sp³-hybridized carbons (Fsp3) is 1.00. The minimum atomic E-state index is 0.489. The zero-order chi connectivity index (χ0) is 9.15. The van der Waals surface area contributed by atoms with E-state index in [1.807, 2.05) is 0 Å². The summed E-state index contributed by atoms with van der Waals surface area (Å²) in [5.41, 5.74) is 0.489. The van der Waals surface area contributed by atoms with E-state index in [0.717, 1.165) is 24.9 Å². The summed E-state index contributed by atoms with van der Waals surface area (Å²) in [4.78, 5) is 0. The van der Waals surface area contributed by atoms with Crippen molar-refractivity contribution in [1.29, 1.82) is 0 Å². The molecule has 2 heteroatoms. The van der Waals surface area contributed by atoms with E-state index in [1.165, 1.54) is 38.5 Å². The molecule has 2 fully saturated rings. The maximum atomic E-state index is 5.71. The van der Waals surface area contributed by atoms with E-state index >= 15 is 0 Å². The van der Waals surface area contributed by atoms with Gasteiger partial charge in [-0.1, -0.05) is 19.3 Å². The Morgan fingerprint density at radius 2 is 2.08 bits per heavy atom. The molecule has 0 heterocycles. The van der Waals surface area contributed by atoms with Gasteiger partial charge in [0.15, 0.2) is 0 Å². The Balaban J connectivity index is 1.49. The van der Waals surface area contributed by atoms with Gasteiger partial charge in [-0.15, -0.1) is 0 Å². The standard InChI is InChI=1S/C11H20OS/c13-9-11(5-6-11)8-12-7-4-10-2-1-3-10/h10,13H,1-9H2. The lowest BCUT2D eigenvalue weighted by Gasteiger charge is -2.25. The van der Waals surface area contributed by atoms with Gasteiger partial charge < -0.3 is 4.74 Å². The molecule has 0 amide bonds. The van der Waals surface area contributed by atoms with Gasteiger partial charge in [0.2, 0.25) is 0 Å². The molecule has 0 saturated heterocycles. The van der Waals surface area contributed by atoms with Crippen molar-refractivity contribution in [2.24, 2.45) is 11.3 Å². The third-order valence-corrected chi connectivity index (χ3v) is 4.27. The molecule has 0 N–H and O–H groups in total. The third-order valence-electron chi connectivity index (χ3n) is 3.60. The second-order valence-electron chi connectivity index (χ2n) is 4.80. The molecule has 76 valence electrons. The number of hydrogen-bond donors (Lipinski definition) is 1. The lowest BCUT2D eigenvalue weighted by molar-refractivity contribution is 0.0779. The molecule has 2 aliphatic rings. The van der Waals surface area contributed by atoms with Gasteiger partial charge >= 0.3 is 0 Å². The fourth-order valence-electron chi connectivity index (χ4n) is 1.85. The summed E-state index contributed by atoms with van der Waals surface area (Å²) in [7, 11) is 0. The van der Waals surface area contributed by atoms with Crippen LogP contribution in [0.1, 0.15) is 38.5 Å². The molecule has 2 aliphatic carbocycles. The largest absolute Gasteiger partial charge is 0.381 e. The molecule has 0 atom stereocenters. The Morgan fingerprint density at radius 1 is 1.31 bits per heavy atom. The van der Waals surface area contributed by atoms with Crippen molar-refractivity contribution in [3.05, 3.63) is 0 Å². The maximum Gasteiger partial charge on any atom is 0.0530 e. The Labute approximate surface area is 86.6 Å². The first-order valence-corrected chi connectivity index (χ1v) is 6.16. The van der Waals surface area contributed by atoms with Crippen molar-refractivity contribution in [2.75, 3.05) is 19.0 Å². The molecule has 13 heavy (non-hydrogen) atoms. The summed E-state index contributed by atoms with van der Waals surface area (Å²) in [6, 6.07) is 0. The highest BCUT2D eigenvalue weighted by Gasteiger charge is 2.41. The van der Waals surface area contributed by atoms with Crippen LogP contribution < -0.4 is 0 Å². The SMILES string of the molecule is SCC1(COCCC2CCC2)CC1. The van der Waals surface area contributed by atoms with Crippen LogP contribution in [0.4, 0.5) is 0 Å². The van der Waals surface area contributed by atoms with E-state index in [4.69, 9.17) is 4.74 Å². The van der Waals surface area contributed by atoms with Crippen molar-refractivity contribution >= 4 is 12.6 Å². The lowest BCUT2D eigenvalue weighted by Crippen LogP contribution is -2.17. The Kier molecular flexibility index (Phi) is 3.20. The van der Waals surface area contributed by atoms with Gasteiger partial charge in [-0.3, -0.25) is 0 Å². The Hall–Kier alpha value is 0.310. The second kappa shape index (κ2) is 4.22. The van der Waals surface area contributed by atoms with Crippen LogP contribution in [0.3, 0.4) is 0 Å². The number of ether oxygens (including phenoxy) is 1. The van der Waals surface area contributed by atoms with Crippen molar-refractivity contribution in [1.82, 2.24) is 0 Å². The third kappa shape index (κ3) is 2.63. The minimum Gasteiger partial charge on any atom is -0.381 e. The molecule has 0 bridgehead atoms. The van der Waals surface area contributed by atoms with Crippen LogP contribution in [-0.4, -0.2) is 19.0 Å². The summed E-state index contributed by atoms with van der Waals surface area (Å²) in [5, 5.41) is 0. The highest BCUT2D eigenvalue weighted by atomic mass is 32.1. The van der Waals surface area contributed by atoms with Gasteiger partial charge in [0.05, 0.1) is 6.61 Å². The lowest BCUT2D eigenvalue weighted by atomic mass is 9.83. The average Bonchev–Trinajstić information content (AvgIpc) is 2.82. The van der Waals surface area contributed by atoms with Crippen molar-refractivity contribution < 1.29 is 4.74 Å². The van der Waals surface area contributed by atoms with E-state index < -0.39 is 0 Å². The monoisotopic (exact) mass is 200 g/mol. The molecule has 0 aromatic rings. The Bertz CT molecular complexity index is 161. The van der Waals surface area contributed by atoms with E-state index in [-0.39, 0.29) is 0 Å². The van der Waals surface area contributed by atoms with Gasteiger partial charge in [-0.25, -0.2) is 0 Å². The van der Waals surface area contributed by atoms with Gasteiger partial charge in [0, 0.05) is 12.0 Å². The molecule has 1 nitrogen and oxygen atoms in total. The minimum absolute atomic E-state index is 0.489. The van der Waals surface area contributed by atoms with Crippen LogP contribution in [-0.2, 0) is 4.74 Å². The molecule has 0 spiro atoms. The van der Waals surface area contributed by atoms with Crippen molar-refractivity contribution in [3.63, 3.8) is 0 Å². The molecular formula is C11H20OS. The maximum absolute atomic E-state index is 5.71. The number of thiol groups is 1. The number of hydrogen-bond acceptors (Lipinski definition) is 2. The molecule has 2 rings (SSSR count). The first-order chi connectivity index (χ1) is 6.35. The molecular weight excluding hydrogens is 180 g/mol. The van der Waals surface area contributed by atoms with Gasteiger partial charge in [0.1, 0.15) is 0 Å². The molecule has 0 radical (unpaired) electrons. The highest BCUT2D eigenvalue weighted by molar-refractivity contribution is 7.80. The topological polar surface area (TPSA) is 9.23 Å². The van der Waals surface area contributed by atoms with Gasteiger partial charge in [0.25, 0.3) is 0 Å². The molecule has 0 unspecified atom stereocenters. The zero-order valence-corrected chi connectivity index (χ0v) is 9.19. The Morgan fingerprint density at radius 3 is 2.54 bits per heavy atom. The fourth-order valence-corrected chi connectivity index (χ4v) is 2.25. The quantitative estimate of drug-likeness (QED) is 0.512. The zero-order valence-electron chi connectivity index (χ0n) is 8.30. The summed E-state index contributed by atoms with van der Waals surface area (Å²) in [5.74, 6) is 2.00. The van der Waals surface area contributed by atoms with E-state index in [2.05, 4.69) is 12.6 Å². The molecule has 0 aromatic heterocycles. The van der Waals surface area contributed by atoms with Gasteiger partial charge in [-0.2, -0.15) is 12.6 Å². The van der Waals surface area contributed by atoms with E-state index in [9.17, 15) is 0 Å². The summed E-state index contributed by atoms with van der Waals surface area (Å²) in [6.07, 6.45) is 8.30. The van der Waals surface area contributed by atoms with Crippen molar-refractivity contribution in [2.45, 2.75) is 38.5 Å². The van der Waals surface area contributed by atoms with Crippen LogP contribution in [0.2, 0.25) is 0 Å². The van der Waals surface area contributed by atoms with Crippen LogP contribution in [0.15, 0.2) is 0 Å². The first-order valence-electron chi connectivity index (χ1n) is 5.53. The predicted octanol–water partition coefficient (Wildman–Crippen LogP) is 2.90.